The zero-order valence-corrected chi connectivity index (χ0v) is 13.3. The third kappa shape index (κ3) is 5.13. The van der Waals surface area contributed by atoms with Gasteiger partial charge in [0.25, 0.3) is 5.91 Å². The molecule has 0 radical (unpaired) electrons. The van der Waals surface area contributed by atoms with Crippen LogP contribution in [0, 0.1) is 0 Å². The van der Waals surface area contributed by atoms with Gasteiger partial charge < -0.3 is 15.1 Å². The third-order valence-corrected chi connectivity index (χ3v) is 4.39. The van der Waals surface area contributed by atoms with Gasteiger partial charge in [0.1, 0.15) is 0 Å². The number of hydrogen-bond acceptors (Lipinski definition) is 4. The minimum absolute atomic E-state index is 0.0555. The number of hydrogen-bond donors (Lipinski definition) is 1. The van der Waals surface area contributed by atoms with E-state index in [4.69, 9.17) is 0 Å². The lowest BCUT2D eigenvalue weighted by Gasteiger charge is -2.20. The predicted octanol–water partition coefficient (Wildman–Crippen LogP) is 1.42. The van der Waals surface area contributed by atoms with Gasteiger partial charge in [0.2, 0.25) is 5.91 Å². The molecule has 2 heterocycles. The molecule has 0 aliphatic carbocycles. The van der Waals surface area contributed by atoms with Crippen molar-refractivity contribution in [2.45, 2.75) is 19.3 Å². The van der Waals surface area contributed by atoms with E-state index in [1.165, 1.54) is 11.3 Å². The van der Waals surface area contributed by atoms with Gasteiger partial charge >= 0.3 is 0 Å². The maximum atomic E-state index is 12.1. The molecule has 1 aliphatic heterocycles. The minimum Gasteiger partial charge on any atom is -0.352 e. The lowest BCUT2D eigenvalue weighted by atomic mass is 10.2. The zero-order chi connectivity index (χ0) is 15.1. The summed E-state index contributed by atoms with van der Waals surface area (Å²) >= 11 is 1.51. The first kappa shape index (κ1) is 16.0. The number of likely N-dealkylation sites (N-methyl/N-ethyl adjacent to an activating group) is 1. The molecule has 1 fully saturated rings. The highest BCUT2D eigenvalue weighted by Gasteiger charge is 2.16. The Labute approximate surface area is 129 Å². The van der Waals surface area contributed by atoms with Crippen molar-refractivity contribution < 1.29 is 9.59 Å². The van der Waals surface area contributed by atoms with Gasteiger partial charge in [-0.1, -0.05) is 0 Å². The fourth-order valence-electron chi connectivity index (χ4n) is 2.39. The molecule has 0 aromatic carbocycles. The highest BCUT2D eigenvalue weighted by atomic mass is 32.1. The molecule has 1 aromatic rings. The molecule has 5 nitrogen and oxygen atoms in total. The number of carbonyl (C=O) groups excluding carboxylic acids is 2. The normalized spacial score (nSPS) is 16.5. The average molecular weight is 309 g/mol. The molecular formula is C15H23N3O2S. The van der Waals surface area contributed by atoms with Crippen molar-refractivity contribution in [3.05, 3.63) is 22.4 Å². The summed E-state index contributed by atoms with van der Waals surface area (Å²) in [5, 5.41) is 6.56. The first-order valence-corrected chi connectivity index (χ1v) is 8.38. The summed E-state index contributed by atoms with van der Waals surface area (Å²) in [6, 6.07) is 1.80. The number of carbonyl (C=O) groups is 2. The van der Waals surface area contributed by atoms with Crippen molar-refractivity contribution in [1.82, 2.24) is 15.1 Å². The van der Waals surface area contributed by atoms with E-state index in [0.717, 1.165) is 32.6 Å². The lowest BCUT2D eigenvalue weighted by Crippen LogP contribution is -2.35. The molecule has 0 unspecified atom stereocenters. The van der Waals surface area contributed by atoms with Crippen LogP contribution in [0.4, 0.5) is 0 Å². The molecule has 1 aromatic heterocycles. The van der Waals surface area contributed by atoms with Crippen LogP contribution in [0.3, 0.4) is 0 Å². The average Bonchev–Trinajstić information content (AvgIpc) is 2.92. The smallest absolute Gasteiger partial charge is 0.252 e. The second kappa shape index (κ2) is 8.14. The highest BCUT2D eigenvalue weighted by Crippen LogP contribution is 2.06. The van der Waals surface area contributed by atoms with Crippen LogP contribution in [0.15, 0.2) is 16.8 Å². The van der Waals surface area contributed by atoms with Crippen LogP contribution >= 0.6 is 11.3 Å². The number of rotatable bonds is 5. The van der Waals surface area contributed by atoms with Crippen molar-refractivity contribution >= 4 is 23.2 Å². The number of nitrogens with one attached hydrogen (secondary N) is 1. The molecule has 2 rings (SSSR count). The van der Waals surface area contributed by atoms with Crippen LogP contribution in [-0.4, -0.2) is 61.4 Å². The van der Waals surface area contributed by atoms with Gasteiger partial charge in [-0.3, -0.25) is 9.59 Å². The second-order valence-electron chi connectivity index (χ2n) is 5.41. The molecule has 2 amide bonds. The molecule has 116 valence electrons. The third-order valence-electron chi connectivity index (χ3n) is 3.71. The maximum absolute atomic E-state index is 12.1. The standard InChI is InChI=1S/C15H23N3O2S/c1-17-7-3-8-18(10-9-17)14(19)4-2-6-16-15(20)13-5-11-21-12-13/h5,11-12H,2-4,6-10H2,1H3,(H,16,20). The van der Waals surface area contributed by atoms with Crippen LogP contribution in [0.25, 0.3) is 0 Å². The molecule has 21 heavy (non-hydrogen) atoms. The minimum atomic E-state index is -0.0555. The highest BCUT2D eigenvalue weighted by molar-refractivity contribution is 7.08. The van der Waals surface area contributed by atoms with Crippen LogP contribution in [-0.2, 0) is 4.79 Å². The van der Waals surface area contributed by atoms with Gasteiger partial charge in [-0.2, -0.15) is 11.3 Å². The largest absolute Gasteiger partial charge is 0.352 e. The summed E-state index contributed by atoms with van der Waals surface area (Å²) in [6.07, 6.45) is 2.24. The lowest BCUT2D eigenvalue weighted by molar-refractivity contribution is -0.131. The van der Waals surface area contributed by atoms with E-state index in [1.807, 2.05) is 15.7 Å². The summed E-state index contributed by atoms with van der Waals surface area (Å²) in [7, 11) is 2.09. The van der Waals surface area contributed by atoms with E-state index in [0.29, 0.717) is 24.9 Å². The molecule has 1 N–H and O–H groups in total. The summed E-state index contributed by atoms with van der Waals surface area (Å²) in [5.74, 6) is 0.148. The Balaban J connectivity index is 1.64. The van der Waals surface area contributed by atoms with Crippen LogP contribution in [0.1, 0.15) is 29.6 Å². The quantitative estimate of drug-likeness (QED) is 0.837. The van der Waals surface area contributed by atoms with Crippen molar-refractivity contribution in [2.75, 3.05) is 39.8 Å². The maximum Gasteiger partial charge on any atom is 0.252 e. The van der Waals surface area contributed by atoms with E-state index in [2.05, 4.69) is 17.3 Å². The Bertz CT molecular complexity index is 461. The Hall–Kier alpha value is -1.40. The van der Waals surface area contributed by atoms with Crippen molar-refractivity contribution in [1.29, 1.82) is 0 Å². The first-order valence-electron chi connectivity index (χ1n) is 7.43. The number of thiophene rings is 1. The Morgan fingerprint density at radius 1 is 1.29 bits per heavy atom. The van der Waals surface area contributed by atoms with Crippen LogP contribution in [0.5, 0.6) is 0 Å². The number of amides is 2. The second-order valence-corrected chi connectivity index (χ2v) is 6.19. The predicted molar refractivity (Wildman–Crippen MR) is 84.6 cm³/mol. The summed E-state index contributed by atoms with van der Waals surface area (Å²) < 4.78 is 0. The monoisotopic (exact) mass is 309 g/mol. The van der Waals surface area contributed by atoms with Crippen molar-refractivity contribution in [2.24, 2.45) is 0 Å². The number of nitrogens with zero attached hydrogens (tertiary/aromatic N) is 2. The van der Waals surface area contributed by atoms with E-state index in [1.54, 1.807) is 6.07 Å². The van der Waals surface area contributed by atoms with Gasteiger partial charge in [0, 0.05) is 43.5 Å². The van der Waals surface area contributed by atoms with Crippen LogP contribution < -0.4 is 5.32 Å². The fourth-order valence-corrected chi connectivity index (χ4v) is 3.03. The van der Waals surface area contributed by atoms with E-state index in [9.17, 15) is 9.59 Å². The summed E-state index contributed by atoms with van der Waals surface area (Å²) in [5.41, 5.74) is 0.696. The van der Waals surface area contributed by atoms with Crippen LogP contribution in [0.2, 0.25) is 0 Å². The summed E-state index contributed by atoms with van der Waals surface area (Å²) in [4.78, 5) is 28.1. The Morgan fingerprint density at radius 2 is 2.14 bits per heavy atom. The topological polar surface area (TPSA) is 52.6 Å². The molecule has 0 atom stereocenters. The summed E-state index contributed by atoms with van der Waals surface area (Å²) in [6.45, 7) is 4.22. The Morgan fingerprint density at radius 3 is 2.90 bits per heavy atom. The SMILES string of the molecule is CN1CCCN(C(=O)CCCNC(=O)c2ccsc2)CC1. The van der Waals surface area contributed by atoms with Crippen molar-refractivity contribution in [3.8, 4) is 0 Å². The van der Waals surface area contributed by atoms with Gasteiger partial charge in [0.15, 0.2) is 0 Å². The molecule has 0 bridgehead atoms. The van der Waals surface area contributed by atoms with Crippen molar-refractivity contribution in [3.63, 3.8) is 0 Å². The van der Waals surface area contributed by atoms with Gasteiger partial charge in [0.05, 0.1) is 0 Å². The molecule has 0 saturated carbocycles. The van der Waals surface area contributed by atoms with Gasteiger partial charge in [-0.05, 0) is 37.9 Å². The Kier molecular flexibility index (Phi) is 6.20. The first-order chi connectivity index (χ1) is 10.2. The molecule has 6 heteroatoms. The molecule has 1 saturated heterocycles. The molecular weight excluding hydrogens is 286 g/mol. The van der Waals surface area contributed by atoms with E-state index in [-0.39, 0.29) is 11.8 Å². The van der Waals surface area contributed by atoms with E-state index >= 15 is 0 Å². The van der Waals surface area contributed by atoms with E-state index < -0.39 is 0 Å². The molecule has 0 spiro atoms. The fraction of sp³-hybridized carbons (Fsp3) is 0.600. The van der Waals surface area contributed by atoms with Gasteiger partial charge in [-0.15, -0.1) is 0 Å². The molecule has 1 aliphatic rings. The zero-order valence-electron chi connectivity index (χ0n) is 12.5. The van der Waals surface area contributed by atoms with Gasteiger partial charge in [-0.25, -0.2) is 0 Å².